The summed E-state index contributed by atoms with van der Waals surface area (Å²) in [7, 11) is 1.71. The highest BCUT2D eigenvalue weighted by molar-refractivity contribution is 8.00. The Labute approximate surface area is 110 Å². The normalized spacial score (nSPS) is 10.5. The Hall–Kier alpha value is -0.970. The Morgan fingerprint density at radius 1 is 1.35 bits per heavy atom. The lowest BCUT2D eigenvalue weighted by Gasteiger charge is -2.09. The van der Waals surface area contributed by atoms with Crippen LogP contribution in [0.2, 0.25) is 0 Å². The molecule has 0 spiro atoms. The number of methoxy groups -OCH3 is 1. The molecule has 1 heterocycles. The first-order valence-corrected chi connectivity index (χ1v) is 7.22. The van der Waals surface area contributed by atoms with Gasteiger partial charge >= 0.3 is 0 Å². The lowest BCUT2D eigenvalue weighted by molar-refractivity contribution is 0.411. The lowest BCUT2D eigenvalue weighted by atomic mass is 10.1. The van der Waals surface area contributed by atoms with Crippen LogP contribution in [-0.2, 0) is 12.3 Å². The minimum absolute atomic E-state index is 0.570. The van der Waals surface area contributed by atoms with Gasteiger partial charge in [-0.1, -0.05) is 12.1 Å². The van der Waals surface area contributed by atoms with Crippen LogP contribution in [0.3, 0.4) is 0 Å². The van der Waals surface area contributed by atoms with E-state index in [0.717, 1.165) is 17.1 Å². The van der Waals surface area contributed by atoms with Crippen molar-refractivity contribution in [1.82, 2.24) is 0 Å². The zero-order valence-electron chi connectivity index (χ0n) is 9.68. The van der Waals surface area contributed by atoms with Crippen molar-refractivity contribution in [3.8, 4) is 5.75 Å². The highest BCUT2D eigenvalue weighted by atomic mass is 32.2. The summed E-state index contributed by atoms with van der Waals surface area (Å²) in [5, 5.41) is 2.09. The number of ether oxygens (including phenoxy) is 1. The van der Waals surface area contributed by atoms with E-state index in [-0.39, 0.29) is 0 Å². The van der Waals surface area contributed by atoms with Crippen LogP contribution in [0.25, 0.3) is 0 Å². The van der Waals surface area contributed by atoms with Crippen LogP contribution in [0.4, 0.5) is 0 Å². The van der Waals surface area contributed by atoms with E-state index < -0.39 is 0 Å². The highest BCUT2D eigenvalue weighted by Gasteiger charge is 2.05. The maximum atomic E-state index is 5.66. The molecule has 0 saturated heterocycles. The van der Waals surface area contributed by atoms with Crippen LogP contribution in [0.5, 0.6) is 5.75 Å². The largest absolute Gasteiger partial charge is 0.496 e. The van der Waals surface area contributed by atoms with Crippen LogP contribution in [0.1, 0.15) is 11.1 Å². The van der Waals surface area contributed by atoms with Gasteiger partial charge in [-0.3, -0.25) is 0 Å². The molecule has 0 atom stereocenters. The minimum Gasteiger partial charge on any atom is -0.496 e. The molecule has 2 rings (SSSR count). The maximum absolute atomic E-state index is 5.66. The van der Waals surface area contributed by atoms with Gasteiger partial charge in [-0.15, -0.1) is 23.1 Å². The average Bonchev–Trinajstić information content (AvgIpc) is 2.89. The molecule has 0 bridgehead atoms. The first kappa shape index (κ1) is 12.5. The third kappa shape index (κ3) is 3.25. The number of thiophene rings is 1. The van der Waals surface area contributed by atoms with Crippen molar-refractivity contribution in [3.05, 3.63) is 46.8 Å². The van der Waals surface area contributed by atoms with E-state index in [4.69, 9.17) is 10.5 Å². The second-order valence-corrected chi connectivity index (χ2v) is 5.79. The molecule has 4 heteroatoms. The van der Waals surface area contributed by atoms with E-state index >= 15 is 0 Å². The zero-order chi connectivity index (χ0) is 12.1. The van der Waals surface area contributed by atoms with Crippen molar-refractivity contribution in [2.75, 3.05) is 7.11 Å². The van der Waals surface area contributed by atoms with E-state index in [1.165, 1.54) is 9.77 Å². The van der Waals surface area contributed by atoms with Crippen LogP contribution < -0.4 is 10.5 Å². The molecule has 2 N–H and O–H groups in total. The number of thioether (sulfide) groups is 1. The fraction of sp³-hybridized carbons (Fsp3) is 0.231. The Morgan fingerprint density at radius 3 is 2.88 bits per heavy atom. The van der Waals surface area contributed by atoms with Gasteiger partial charge in [-0.25, -0.2) is 0 Å². The summed E-state index contributed by atoms with van der Waals surface area (Å²) < 4.78 is 6.69. The molecular formula is C13H15NOS2. The molecule has 90 valence electrons. The molecule has 0 aliphatic heterocycles. The van der Waals surface area contributed by atoms with Crippen LogP contribution in [0.15, 0.2) is 39.9 Å². The van der Waals surface area contributed by atoms with Crippen molar-refractivity contribution in [3.63, 3.8) is 0 Å². The summed E-state index contributed by atoms with van der Waals surface area (Å²) in [6.45, 7) is 0.570. The fourth-order valence-electron chi connectivity index (χ4n) is 1.57. The van der Waals surface area contributed by atoms with E-state index in [2.05, 4.69) is 23.6 Å². The maximum Gasteiger partial charge on any atom is 0.122 e. The third-order valence-corrected chi connectivity index (χ3v) is 4.63. The molecule has 2 nitrogen and oxygen atoms in total. The second kappa shape index (κ2) is 6.10. The summed E-state index contributed by atoms with van der Waals surface area (Å²) >= 11 is 3.59. The quantitative estimate of drug-likeness (QED) is 0.840. The van der Waals surface area contributed by atoms with Gasteiger partial charge in [-0.05, 0) is 29.1 Å². The Morgan fingerprint density at radius 2 is 2.24 bits per heavy atom. The molecule has 0 aliphatic rings. The van der Waals surface area contributed by atoms with Gasteiger partial charge in [0.2, 0.25) is 0 Å². The summed E-state index contributed by atoms with van der Waals surface area (Å²) in [6, 6.07) is 10.3. The monoisotopic (exact) mass is 265 g/mol. The number of hydrogen-bond acceptors (Lipinski definition) is 4. The Kier molecular flexibility index (Phi) is 4.48. The second-order valence-electron chi connectivity index (χ2n) is 3.57. The van der Waals surface area contributed by atoms with Gasteiger partial charge in [0.1, 0.15) is 5.75 Å². The van der Waals surface area contributed by atoms with Gasteiger partial charge < -0.3 is 10.5 Å². The van der Waals surface area contributed by atoms with Crippen LogP contribution in [0, 0.1) is 0 Å². The van der Waals surface area contributed by atoms with Crippen molar-refractivity contribution >= 4 is 23.1 Å². The molecule has 1 aromatic heterocycles. The molecule has 0 fully saturated rings. The zero-order valence-corrected chi connectivity index (χ0v) is 11.3. The minimum atomic E-state index is 0.570. The molecule has 0 aliphatic carbocycles. The van der Waals surface area contributed by atoms with Crippen molar-refractivity contribution in [2.45, 2.75) is 16.5 Å². The molecule has 0 unspecified atom stereocenters. The van der Waals surface area contributed by atoms with E-state index in [1.807, 2.05) is 23.9 Å². The average molecular weight is 265 g/mol. The number of hydrogen-bond donors (Lipinski definition) is 1. The Bertz CT molecular complexity index is 468. The van der Waals surface area contributed by atoms with E-state index in [0.29, 0.717) is 6.54 Å². The van der Waals surface area contributed by atoms with Gasteiger partial charge in [0.25, 0.3) is 0 Å². The van der Waals surface area contributed by atoms with Gasteiger partial charge in [0, 0.05) is 17.9 Å². The van der Waals surface area contributed by atoms with Crippen molar-refractivity contribution in [2.24, 2.45) is 5.73 Å². The molecule has 0 radical (unpaired) electrons. The fourth-order valence-corrected chi connectivity index (χ4v) is 3.33. The van der Waals surface area contributed by atoms with E-state index in [9.17, 15) is 0 Å². The van der Waals surface area contributed by atoms with Crippen molar-refractivity contribution < 1.29 is 4.74 Å². The van der Waals surface area contributed by atoms with Gasteiger partial charge in [0.15, 0.2) is 0 Å². The van der Waals surface area contributed by atoms with Crippen LogP contribution in [-0.4, -0.2) is 7.11 Å². The predicted molar refractivity (Wildman–Crippen MR) is 74.8 cm³/mol. The van der Waals surface area contributed by atoms with Gasteiger partial charge in [-0.2, -0.15) is 0 Å². The summed E-state index contributed by atoms with van der Waals surface area (Å²) in [5.74, 6) is 1.85. The summed E-state index contributed by atoms with van der Waals surface area (Å²) in [5.41, 5.74) is 8.00. The number of nitrogens with two attached hydrogens (primary N) is 1. The highest BCUT2D eigenvalue weighted by Crippen LogP contribution is 2.31. The van der Waals surface area contributed by atoms with Crippen molar-refractivity contribution in [1.29, 1.82) is 0 Å². The molecule has 0 amide bonds. The molecule has 0 saturated carbocycles. The van der Waals surface area contributed by atoms with Crippen LogP contribution >= 0.6 is 23.1 Å². The smallest absolute Gasteiger partial charge is 0.122 e. The topological polar surface area (TPSA) is 35.2 Å². The van der Waals surface area contributed by atoms with Gasteiger partial charge in [0.05, 0.1) is 11.3 Å². The SMILES string of the molecule is COc1ccc(CN)cc1CSc1cccs1. The molecule has 2 aromatic rings. The third-order valence-electron chi connectivity index (χ3n) is 2.45. The summed E-state index contributed by atoms with van der Waals surface area (Å²) in [6.07, 6.45) is 0. The van der Waals surface area contributed by atoms with E-state index in [1.54, 1.807) is 18.4 Å². The number of benzene rings is 1. The summed E-state index contributed by atoms with van der Waals surface area (Å²) in [4.78, 5) is 0. The number of rotatable bonds is 5. The lowest BCUT2D eigenvalue weighted by Crippen LogP contribution is -1.98. The molecular weight excluding hydrogens is 250 g/mol. The Balaban J connectivity index is 2.12. The first-order chi connectivity index (χ1) is 8.33. The predicted octanol–water partition coefficient (Wildman–Crippen LogP) is 3.51. The molecule has 17 heavy (non-hydrogen) atoms. The molecule has 1 aromatic carbocycles. The standard InChI is InChI=1S/C13H15NOS2/c1-15-12-5-4-10(8-14)7-11(12)9-17-13-3-2-6-16-13/h2-7H,8-9,14H2,1H3. The first-order valence-electron chi connectivity index (χ1n) is 5.35.